The number of fused-ring (bicyclic) bond motifs is 1. The first-order valence-electron chi connectivity index (χ1n) is 9.23. The number of ether oxygens (including phenoxy) is 1. The van der Waals surface area contributed by atoms with Gasteiger partial charge in [0.1, 0.15) is 0 Å². The van der Waals surface area contributed by atoms with Crippen molar-refractivity contribution < 1.29 is 19.2 Å². The first-order valence-corrected chi connectivity index (χ1v) is 9.23. The fraction of sp³-hybridized carbons (Fsp3) is 0.333. The molecule has 2 aromatic carbocycles. The van der Waals surface area contributed by atoms with Gasteiger partial charge in [-0.15, -0.1) is 0 Å². The van der Waals surface area contributed by atoms with Crippen LogP contribution < -0.4 is 5.32 Å². The fourth-order valence-corrected chi connectivity index (χ4v) is 3.35. The smallest absolute Gasteiger partial charge is 0.310 e. The zero-order valence-electron chi connectivity index (χ0n) is 15.7. The molecule has 0 spiro atoms. The molecule has 0 atom stereocenters. The van der Waals surface area contributed by atoms with E-state index in [1.807, 2.05) is 6.07 Å². The van der Waals surface area contributed by atoms with Gasteiger partial charge in [-0.1, -0.05) is 18.2 Å². The third-order valence-electron chi connectivity index (χ3n) is 4.82. The van der Waals surface area contributed by atoms with E-state index in [-0.39, 0.29) is 12.1 Å². The van der Waals surface area contributed by atoms with Gasteiger partial charge in [0.05, 0.1) is 11.3 Å². The number of nitrogens with zero attached hydrogens (tertiary/aromatic N) is 1. The lowest BCUT2D eigenvalue weighted by atomic mass is 9.90. The van der Waals surface area contributed by atoms with Gasteiger partial charge in [-0.3, -0.25) is 19.7 Å². The van der Waals surface area contributed by atoms with Crippen LogP contribution in [0.5, 0.6) is 0 Å². The molecule has 0 radical (unpaired) electrons. The Balaban J connectivity index is 1.50. The Bertz CT molecular complexity index is 923. The first kappa shape index (κ1) is 19.5. The first-order chi connectivity index (χ1) is 13.4. The lowest BCUT2D eigenvalue weighted by molar-refractivity contribution is -0.384. The summed E-state index contributed by atoms with van der Waals surface area (Å²) in [5, 5.41) is 13.4. The summed E-state index contributed by atoms with van der Waals surface area (Å²) in [5.74, 6) is -0.956. The lowest BCUT2D eigenvalue weighted by Crippen LogP contribution is -2.22. The molecule has 0 aromatic heterocycles. The Hall–Kier alpha value is -3.22. The van der Waals surface area contributed by atoms with E-state index in [2.05, 4.69) is 17.4 Å². The fourth-order valence-electron chi connectivity index (χ4n) is 3.35. The normalized spacial score (nSPS) is 12.8. The summed E-state index contributed by atoms with van der Waals surface area (Å²) in [7, 11) is 0. The molecule has 7 nitrogen and oxygen atoms in total. The van der Waals surface area contributed by atoms with Gasteiger partial charge >= 0.3 is 5.97 Å². The number of aryl methyl sites for hydroxylation is 3. The van der Waals surface area contributed by atoms with E-state index >= 15 is 0 Å². The van der Waals surface area contributed by atoms with Crippen molar-refractivity contribution in [2.45, 2.75) is 39.0 Å². The zero-order chi connectivity index (χ0) is 20.1. The predicted octanol–water partition coefficient (Wildman–Crippen LogP) is 3.51. The van der Waals surface area contributed by atoms with E-state index in [0.29, 0.717) is 11.3 Å². The number of nitrogens with one attached hydrogen (secondary N) is 1. The molecule has 1 aliphatic rings. The minimum absolute atomic E-state index is 0.0491. The second kappa shape index (κ2) is 8.65. The third kappa shape index (κ3) is 4.94. The average Bonchev–Trinajstić information content (AvgIpc) is 2.67. The van der Waals surface area contributed by atoms with E-state index < -0.39 is 23.4 Å². The van der Waals surface area contributed by atoms with Crippen LogP contribution in [0.1, 0.15) is 35.1 Å². The summed E-state index contributed by atoms with van der Waals surface area (Å²) in [6.45, 7) is 1.25. The van der Waals surface area contributed by atoms with E-state index in [1.165, 1.54) is 42.2 Å². The number of rotatable bonds is 6. The standard InChI is InChI=1S/C21H22N2O5/c1-14-10-18(23(26)27)8-9-19(14)22-20(24)13-28-21(25)12-15-6-7-16-4-2-3-5-17(16)11-15/h6-11H,2-5,12-13H2,1H3,(H,22,24). The van der Waals surface area contributed by atoms with Gasteiger partial charge in [0.15, 0.2) is 6.61 Å². The molecule has 0 heterocycles. The Labute approximate surface area is 162 Å². The molecular weight excluding hydrogens is 360 g/mol. The van der Waals surface area contributed by atoms with Crippen LogP contribution >= 0.6 is 0 Å². The summed E-state index contributed by atoms with van der Waals surface area (Å²) in [4.78, 5) is 34.3. The highest BCUT2D eigenvalue weighted by molar-refractivity contribution is 5.93. The number of nitro benzene ring substituents is 1. The number of anilines is 1. The summed E-state index contributed by atoms with van der Waals surface area (Å²) >= 11 is 0. The number of esters is 1. The van der Waals surface area contributed by atoms with Gasteiger partial charge < -0.3 is 10.1 Å². The highest BCUT2D eigenvalue weighted by Crippen LogP contribution is 2.23. The minimum atomic E-state index is -0.499. The highest BCUT2D eigenvalue weighted by Gasteiger charge is 2.14. The maximum Gasteiger partial charge on any atom is 0.310 e. The van der Waals surface area contributed by atoms with E-state index in [4.69, 9.17) is 4.74 Å². The van der Waals surface area contributed by atoms with Gasteiger partial charge in [-0.05, 0) is 60.9 Å². The number of carbonyl (C=O) groups excluding carboxylic acids is 2. The molecule has 1 N–H and O–H groups in total. The second-order valence-electron chi connectivity index (χ2n) is 6.95. The highest BCUT2D eigenvalue weighted by atomic mass is 16.6. The summed E-state index contributed by atoms with van der Waals surface area (Å²) in [6, 6.07) is 10.2. The van der Waals surface area contributed by atoms with E-state index in [0.717, 1.165) is 18.4 Å². The lowest BCUT2D eigenvalue weighted by Gasteiger charge is -2.16. The molecule has 1 amide bonds. The van der Waals surface area contributed by atoms with Crippen molar-refractivity contribution >= 4 is 23.3 Å². The number of nitro groups is 1. The Morgan fingerprint density at radius 2 is 1.86 bits per heavy atom. The minimum Gasteiger partial charge on any atom is -0.455 e. The van der Waals surface area contributed by atoms with Crippen LogP contribution in [0.2, 0.25) is 0 Å². The van der Waals surface area contributed by atoms with Crippen LogP contribution in [0.15, 0.2) is 36.4 Å². The summed E-state index contributed by atoms with van der Waals surface area (Å²) in [5.41, 5.74) is 4.48. The van der Waals surface area contributed by atoms with Crippen molar-refractivity contribution in [3.05, 3.63) is 68.8 Å². The van der Waals surface area contributed by atoms with E-state index in [1.54, 1.807) is 6.92 Å². The monoisotopic (exact) mass is 382 g/mol. The zero-order valence-corrected chi connectivity index (χ0v) is 15.7. The van der Waals surface area contributed by atoms with Crippen LogP contribution in [-0.4, -0.2) is 23.4 Å². The molecular formula is C21H22N2O5. The van der Waals surface area contributed by atoms with Gasteiger partial charge in [0, 0.05) is 17.8 Å². The number of non-ortho nitro benzene ring substituents is 1. The maximum atomic E-state index is 12.0. The van der Waals surface area contributed by atoms with Gasteiger partial charge in [-0.2, -0.15) is 0 Å². The molecule has 28 heavy (non-hydrogen) atoms. The van der Waals surface area contributed by atoms with E-state index in [9.17, 15) is 19.7 Å². The maximum absolute atomic E-state index is 12.0. The average molecular weight is 382 g/mol. The van der Waals surface area contributed by atoms with Crippen LogP contribution in [0, 0.1) is 17.0 Å². The third-order valence-corrected chi connectivity index (χ3v) is 4.82. The molecule has 0 bridgehead atoms. The largest absolute Gasteiger partial charge is 0.455 e. The number of amides is 1. The number of hydrogen-bond acceptors (Lipinski definition) is 5. The molecule has 0 saturated carbocycles. The van der Waals surface area contributed by atoms with Crippen molar-refractivity contribution in [2.75, 3.05) is 11.9 Å². The van der Waals surface area contributed by atoms with Crippen molar-refractivity contribution in [1.29, 1.82) is 0 Å². The van der Waals surface area contributed by atoms with Crippen molar-refractivity contribution in [3.8, 4) is 0 Å². The second-order valence-corrected chi connectivity index (χ2v) is 6.95. The number of benzene rings is 2. The van der Waals surface area contributed by atoms with Crippen molar-refractivity contribution in [2.24, 2.45) is 0 Å². The topological polar surface area (TPSA) is 98.5 Å². The SMILES string of the molecule is Cc1cc([N+](=O)[O-])ccc1NC(=O)COC(=O)Cc1ccc2c(c1)CCCC2. The summed E-state index contributed by atoms with van der Waals surface area (Å²) < 4.78 is 5.07. The molecule has 0 unspecified atom stereocenters. The predicted molar refractivity (Wildman–Crippen MR) is 104 cm³/mol. The number of hydrogen-bond donors (Lipinski definition) is 1. The summed E-state index contributed by atoms with van der Waals surface area (Å²) in [6.07, 6.45) is 4.62. The Morgan fingerprint density at radius 1 is 1.11 bits per heavy atom. The van der Waals surface area contributed by atoms with Crippen molar-refractivity contribution in [1.82, 2.24) is 0 Å². The molecule has 7 heteroatoms. The molecule has 0 aliphatic heterocycles. The Kier molecular flexibility index (Phi) is 6.03. The van der Waals surface area contributed by atoms with Crippen LogP contribution in [0.25, 0.3) is 0 Å². The van der Waals surface area contributed by atoms with Crippen LogP contribution in [-0.2, 0) is 33.6 Å². The Morgan fingerprint density at radius 3 is 2.57 bits per heavy atom. The molecule has 3 rings (SSSR count). The van der Waals surface area contributed by atoms with Crippen molar-refractivity contribution in [3.63, 3.8) is 0 Å². The van der Waals surface area contributed by atoms with Gasteiger partial charge in [0.25, 0.3) is 11.6 Å². The van der Waals surface area contributed by atoms with Gasteiger partial charge in [0.2, 0.25) is 0 Å². The number of carbonyl (C=O) groups is 2. The molecule has 146 valence electrons. The van der Waals surface area contributed by atoms with Crippen LogP contribution in [0.3, 0.4) is 0 Å². The molecule has 1 aliphatic carbocycles. The quantitative estimate of drug-likeness (QED) is 0.468. The molecule has 0 saturated heterocycles. The molecule has 2 aromatic rings. The van der Waals surface area contributed by atoms with Crippen LogP contribution in [0.4, 0.5) is 11.4 Å². The van der Waals surface area contributed by atoms with Gasteiger partial charge in [-0.25, -0.2) is 0 Å². The molecule has 0 fully saturated rings.